The second-order valence-electron chi connectivity index (χ2n) is 5.35. The number of nitrogens with zero attached hydrogens (tertiary/aromatic N) is 2. The Balaban J connectivity index is 2.33. The number of carbonyl (C=O) groups is 1. The Bertz CT molecular complexity index is 810. The lowest BCUT2D eigenvalue weighted by molar-refractivity contribution is -0.384. The van der Waals surface area contributed by atoms with Gasteiger partial charge in [0.25, 0.3) is 11.6 Å². The van der Waals surface area contributed by atoms with Gasteiger partial charge < -0.3 is 15.0 Å². The summed E-state index contributed by atoms with van der Waals surface area (Å²) in [6, 6.07) is 9.70. The largest absolute Gasteiger partial charge is 0.496 e. The molecule has 2 aromatic carbocycles. The molecule has 2 rings (SSSR count). The van der Waals surface area contributed by atoms with Crippen molar-refractivity contribution >= 4 is 33.2 Å². The van der Waals surface area contributed by atoms with E-state index in [1.165, 1.54) is 23.1 Å². The van der Waals surface area contributed by atoms with Crippen LogP contribution < -0.4 is 10.1 Å². The van der Waals surface area contributed by atoms with Crippen LogP contribution in [0.3, 0.4) is 0 Å². The molecule has 0 aliphatic rings. The first-order chi connectivity index (χ1) is 11.9. The summed E-state index contributed by atoms with van der Waals surface area (Å²) in [5.41, 5.74) is 1.47. The molecule has 8 heteroatoms. The molecule has 7 nitrogen and oxygen atoms in total. The molecule has 25 heavy (non-hydrogen) atoms. The zero-order valence-corrected chi connectivity index (χ0v) is 15.7. The van der Waals surface area contributed by atoms with Gasteiger partial charge in [0.15, 0.2) is 0 Å². The Morgan fingerprint density at radius 2 is 2.04 bits per heavy atom. The van der Waals surface area contributed by atoms with Crippen molar-refractivity contribution in [3.05, 3.63) is 62.1 Å². The molecular weight excluding hydrogens is 390 g/mol. The first-order valence-electron chi connectivity index (χ1n) is 7.41. The maximum Gasteiger partial charge on any atom is 0.270 e. The van der Waals surface area contributed by atoms with Crippen LogP contribution in [0.2, 0.25) is 0 Å². The van der Waals surface area contributed by atoms with Crippen LogP contribution in [0, 0.1) is 10.1 Å². The number of amides is 1. The van der Waals surface area contributed by atoms with Gasteiger partial charge in [0.2, 0.25) is 0 Å². The molecule has 132 valence electrons. The quantitative estimate of drug-likeness (QED) is 0.582. The number of carbonyl (C=O) groups excluding carboxylic acids is 1. The Morgan fingerprint density at radius 1 is 1.32 bits per heavy atom. The summed E-state index contributed by atoms with van der Waals surface area (Å²) in [5.74, 6) is 0.339. The van der Waals surface area contributed by atoms with Crippen molar-refractivity contribution in [1.82, 2.24) is 4.90 Å². The summed E-state index contributed by atoms with van der Waals surface area (Å²) < 4.78 is 6.19. The fourth-order valence-corrected chi connectivity index (χ4v) is 2.85. The number of benzene rings is 2. The lowest BCUT2D eigenvalue weighted by Crippen LogP contribution is -2.27. The summed E-state index contributed by atoms with van der Waals surface area (Å²) in [6.45, 7) is 0.299. The van der Waals surface area contributed by atoms with Gasteiger partial charge in [0.05, 0.1) is 17.6 Å². The fourth-order valence-electron chi connectivity index (χ4n) is 2.44. The Morgan fingerprint density at radius 3 is 2.64 bits per heavy atom. The van der Waals surface area contributed by atoms with Gasteiger partial charge in [-0.1, -0.05) is 15.9 Å². The number of hydrogen-bond donors (Lipinski definition) is 1. The van der Waals surface area contributed by atoms with E-state index in [-0.39, 0.29) is 17.2 Å². The highest BCUT2D eigenvalue weighted by Crippen LogP contribution is 2.26. The molecule has 0 aromatic heterocycles. The van der Waals surface area contributed by atoms with Crippen molar-refractivity contribution in [2.45, 2.75) is 6.54 Å². The number of ether oxygens (including phenoxy) is 1. The van der Waals surface area contributed by atoms with E-state index in [2.05, 4.69) is 21.2 Å². The van der Waals surface area contributed by atoms with Crippen LogP contribution in [0.25, 0.3) is 0 Å². The first-order valence-corrected chi connectivity index (χ1v) is 8.20. The molecular formula is C17H18BrN3O4. The molecule has 0 spiro atoms. The number of hydrogen-bond acceptors (Lipinski definition) is 5. The van der Waals surface area contributed by atoms with Crippen LogP contribution in [0.5, 0.6) is 5.75 Å². The number of rotatable bonds is 6. The summed E-state index contributed by atoms with van der Waals surface area (Å²) >= 11 is 3.40. The zero-order valence-electron chi connectivity index (χ0n) is 14.1. The summed E-state index contributed by atoms with van der Waals surface area (Å²) in [4.78, 5) is 24.8. The average Bonchev–Trinajstić information content (AvgIpc) is 2.60. The zero-order chi connectivity index (χ0) is 18.6. The molecule has 2 aromatic rings. The minimum absolute atomic E-state index is 0.129. The summed E-state index contributed by atoms with van der Waals surface area (Å²) in [5, 5.41) is 13.9. The van der Waals surface area contributed by atoms with Crippen molar-refractivity contribution < 1.29 is 14.5 Å². The summed E-state index contributed by atoms with van der Waals surface area (Å²) in [7, 11) is 4.87. The van der Waals surface area contributed by atoms with E-state index in [0.29, 0.717) is 18.0 Å². The second kappa shape index (κ2) is 7.98. The molecule has 0 unspecified atom stereocenters. The van der Waals surface area contributed by atoms with Crippen molar-refractivity contribution in [2.75, 3.05) is 26.5 Å². The standard InChI is InChI=1S/C17H18BrN3O4/c1-19-15-6-5-13(21(23)24)9-14(15)17(22)20(2)10-11-8-12(18)4-7-16(11)25-3/h4-9,19H,10H2,1-3H3. The maximum atomic E-state index is 12.8. The van der Waals surface area contributed by atoms with E-state index in [4.69, 9.17) is 4.74 Å². The molecule has 0 heterocycles. The van der Waals surface area contributed by atoms with Gasteiger partial charge in [0.1, 0.15) is 5.75 Å². The SMILES string of the molecule is CNc1ccc([N+](=O)[O-])cc1C(=O)N(C)Cc1cc(Br)ccc1OC. The minimum Gasteiger partial charge on any atom is -0.496 e. The lowest BCUT2D eigenvalue weighted by atomic mass is 10.1. The van der Waals surface area contributed by atoms with E-state index in [1.807, 2.05) is 18.2 Å². The summed E-state index contributed by atoms with van der Waals surface area (Å²) in [6.07, 6.45) is 0. The highest BCUT2D eigenvalue weighted by molar-refractivity contribution is 9.10. The van der Waals surface area contributed by atoms with E-state index >= 15 is 0 Å². The molecule has 0 radical (unpaired) electrons. The predicted molar refractivity (Wildman–Crippen MR) is 99.1 cm³/mol. The van der Waals surface area contributed by atoms with Gasteiger partial charge in [-0.2, -0.15) is 0 Å². The number of anilines is 1. The predicted octanol–water partition coefficient (Wildman–Crippen LogP) is 3.68. The molecule has 0 fully saturated rings. The lowest BCUT2D eigenvalue weighted by Gasteiger charge is -2.20. The van der Waals surface area contributed by atoms with Crippen molar-refractivity contribution in [2.24, 2.45) is 0 Å². The third kappa shape index (κ3) is 4.27. The number of nitro benzene ring substituents is 1. The topological polar surface area (TPSA) is 84.7 Å². The van der Waals surface area contributed by atoms with Crippen molar-refractivity contribution in [3.63, 3.8) is 0 Å². The van der Waals surface area contributed by atoms with Crippen LogP contribution in [0.15, 0.2) is 40.9 Å². The van der Waals surface area contributed by atoms with Gasteiger partial charge >= 0.3 is 0 Å². The van der Waals surface area contributed by atoms with Crippen LogP contribution in [0.1, 0.15) is 15.9 Å². The van der Waals surface area contributed by atoms with E-state index in [9.17, 15) is 14.9 Å². The molecule has 0 saturated heterocycles. The highest BCUT2D eigenvalue weighted by atomic mass is 79.9. The monoisotopic (exact) mass is 407 g/mol. The normalized spacial score (nSPS) is 10.2. The van der Waals surface area contributed by atoms with Crippen LogP contribution in [0.4, 0.5) is 11.4 Å². The molecule has 0 atom stereocenters. The highest BCUT2D eigenvalue weighted by Gasteiger charge is 2.20. The second-order valence-corrected chi connectivity index (χ2v) is 6.27. The van der Waals surface area contributed by atoms with Gasteiger partial charge in [-0.05, 0) is 24.3 Å². The molecule has 0 aliphatic heterocycles. The van der Waals surface area contributed by atoms with E-state index in [0.717, 1.165) is 10.0 Å². The molecule has 0 bridgehead atoms. The van der Waals surface area contributed by atoms with Crippen LogP contribution >= 0.6 is 15.9 Å². The number of nitro groups is 1. The molecule has 1 amide bonds. The van der Waals surface area contributed by atoms with E-state index < -0.39 is 4.92 Å². The number of halogens is 1. The average molecular weight is 408 g/mol. The van der Waals surface area contributed by atoms with Gasteiger partial charge in [-0.15, -0.1) is 0 Å². The minimum atomic E-state index is -0.520. The Kier molecular flexibility index (Phi) is 5.97. The molecule has 1 N–H and O–H groups in total. The van der Waals surface area contributed by atoms with Crippen LogP contribution in [-0.2, 0) is 6.54 Å². The Labute approximate surface area is 153 Å². The van der Waals surface area contributed by atoms with Crippen molar-refractivity contribution in [3.8, 4) is 5.75 Å². The van der Waals surface area contributed by atoms with Crippen LogP contribution in [-0.4, -0.2) is 36.9 Å². The first kappa shape index (κ1) is 18.7. The number of methoxy groups -OCH3 is 1. The van der Waals surface area contributed by atoms with Gasteiger partial charge in [-0.25, -0.2) is 0 Å². The molecule has 0 saturated carbocycles. The van der Waals surface area contributed by atoms with E-state index in [1.54, 1.807) is 21.2 Å². The third-order valence-electron chi connectivity index (χ3n) is 3.71. The number of nitrogens with one attached hydrogen (secondary N) is 1. The van der Waals surface area contributed by atoms with Gasteiger partial charge in [0, 0.05) is 48.5 Å². The maximum absolute atomic E-state index is 12.8. The number of non-ortho nitro benzene ring substituents is 1. The smallest absolute Gasteiger partial charge is 0.270 e. The fraction of sp³-hybridized carbons (Fsp3) is 0.235. The van der Waals surface area contributed by atoms with Gasteiger partial charge in [-0.3, -0.25) is 14.9 Å². The van der Waals surface area contributed by atoms with Crippen molar-refractivity contribution in [1.29, 1.82) is 0 Å². The molecule has 0 aliphatic carbocycles. The third-order valence-corrected chi connectivity index (χ3v) is 4.20. The Hall–Kier alpha value is -2.61.